The number of amides is 4. The van der Waals surface area contributed by atoms with Gasteiger partial charge in [-0.15, -0.1) is 0 Å². The Bertz CT molecular complexity index is 652. The summed E-state index contributed by atoms with van der Waals surface area (Å²) < 4.78 is 0. The molecule has 0 saturated heterocycles. The number of carbonyl (C=O) groups is 5. The predicted octanol–water partition coefficient (Wildman–Crippen LogP) is 1.02. The summed E-state index contributed by atoms with van der Waals surface area (Å²) in [6.45, 7) is 17.0. The fraction of sp³-hybridized carbons (Fsp3) is 0.792. The Hall–Kier alpha value is -2.49. The molecule has 0 aromatic carbocycles. The fourth-order valence-electron chi connectivity index (χ4n) is 3.09. The van der Waals surface area contributed by atoms with Gasteiger partial charge in [0.2, 0.25) is 24.1 Å². The van der Waals surface area contributed by atoms with E-state index in [9.17, 15) is 24.0 Å². The minimum atomic E-state index is -0.672. The minimum absolute atomic E-state index is 0.0672. The number of primary amides is 1. The van der Waals surface area contributed by atoms with E-state index in [1.807, 2.05) is 41.5 Å². The lowest BCUT2D eigenvalue weighted by molar-refractivity contribution is -0.130. The SMILES string of the molecule is CC(C)CC(=O)C(CC(C)C)NC=O.CC(C)NC(C)C(=O)NC(C)C(=O)NC(C)CC(N)=O. The topological polar surface area (TPSA) is 159 Å². The summed E-state index contributed by atoms with van der Waals surface area (Å²) in [5.41, 5.74) is 5.04. The van der Waals surface area contributed by atoms with Gasteiger partial charge >= 0.3 is 0 Å². The number of nitrogens with two attached hydrogens (primary N) is 1. The lowest BCUT2D eigenvalue weighted by atomic mass is 9.95. The third-order valence-electron chi connectivity index (χ3n) is 4.60. The first kappa shape index (κ1) is 33.7. The molecule has 0 saturated carbocycles. The van der Waals surface area contributed by atoms with Gasteiger partial charge in [0.15, 0.2) is 5.78 Å². The van der Waals surface area contributed by atoms with Crippen LogP contribution in [0.4, 0.5) is 0 Å². The fourth-order valence-corrected chi connectivity index (χ4v) is 3.09. The molecule has 0 fully saturated rings. The van der Waals surface area contributed by atoms with Gasteiger partial charge in [0, 0.05) is 24.9 Å². The molecule has 0 spiro atoms. The molecule has 0 heterocycles. The molecular weight excluding hydrogens is 438 g/mol. The molecule has 0 aromatic rings. The highest BCUT2D eigenvalue weighted by atomic mass is 16.2. The molecule has 0 aliphatic heterocycles. The van der Waals surface area contributed by atoms with Gasteiger partial charge in [-0.3, -0.25) is 24.0 Å². The van der Waals surface area contributed by atoms with Crippen LogP contribution >= 0.6 is 0 Å². The van der Waals surface area contributed by atoms with Crippen LogP contribution in [0.5, 0.6) is 0 Å². The lowest BCUT2D eigenvalue weighted by Crippen LogP contribution is -2.53. The van der Waals surface area contributed by atoms with E-state index < -0.39 is 11.9 Å². The molecule has 0 radical (unpaired) electrons. The van der Waals surface area contributed by atoms with Crippen molar-refractivity contribution in [2.75, 3.05) is 0 Å². The average Bonchev–Trinajstić information content (AvgIpc) is 2.65. The van der Waals surface area contributed by atoms with Gasteiger partial charge in [-0.1, -0.05) is 41.5 Å². The van der Waals surface area contributed by atoms with Crippen molar-refractivity contribution in [2.24, 2.45) is 17.6 Å². The van der Waals surface area contributed by atoms with Gasteiger partial charge in [-0.05, 0) is 39.0 Å². The van der Waals surface area contributed by atoms with Crippen molar-refractivity contribution < 1.29 is 24.0 Å². The highest BCUT2D eigenvalue weighted by molar-refractivity contribution is 5.89. The summed E-state index contributed by atoms with van der Waals surface area (Å²) in [5, 5.41) is 10.9. The lowest BCUT2D eigenvalue weighted by Gasteiger charge is -2.21. The summed E-state index contributed by atoms with van der Waals surface area (Å²) in [6, 6.07) is -1.53. The normalized spacial score (nSPS) is 14.4. The maximum absolute atomic E-state index is 11.8. The van der Waals surface area contributed by atoms with Crippen molar-refractivity contribution >= 4 is 29.9 Å². The number of carbonyl (C=O) groups excluding carboxylic acids is 5. The summed E-state index contributed by atoms with van der Waals surface area (Å²) in [7, 11) is 0. The molecule has 4 amide bonds. The number of hydrogen-bond donors (Lipinski definition) is 5. The molecule has 0 aliphatic rings. The predicted molar refractivity (Wildman–Crippen MR) is 134 cm³/mol. The van der Waals surface area contributed by atoms with Gasteiger partial charge in [-0.2, -0.15) is 0 Å². The van der Waals surface area contributed by atoms with Crippen LogP contribution in [0.15, 0.2) is 0 Å². The van der Waals surface area contributed by atoms with Crippen LogP contribution in [0.3, 0.4) is 0 Å². The molecule has 4 atom stereocenters. The van der Waals surface area contributed by atoms with Crippen molar-refractivity contribution in [1.82, 2.24) is 21.3 Å². The quantitative estimate of drug-likeness (QED) is 0.218. The van der Waals surface area contributed by atoms with E-state index in [-0.39, 0.29) is 48.2 Å². The van der Waals surface area contributed by atoms with Crippen molar-refractivity contribution in [2.45, 2.75) is 112 Å². The van der Waals surface area contributed by atoms with Gasteiger partial charge < -0.3 is 27.0 Å². The Balaban J connectivity index is 0. The van der Waals surface area contributed by atoms with E-state index in [4.69, 9.17) is 5.73 Å². The molecule has 0 rings (SSSR count). The van der Waals surface area contributed by atoms with Crippen LogP contribution in [0.2, 0.25) is 0 Å². The first-order valence-electron chi connectivity index (χ1n) is 12.0. The van der Waals surface area contributed by atoms with E-state index in [0.717, 1.165) is 6.42 Å². The Kier molecular flexibility index (Phi) is 17.7. The number of ketones is 1. The van der Waals surface area contributed by atoms with Crippen LogP contribution in [0.1, 0.15) is 81.6 Å². The Labute approximate surface area is 204 Å². The summed E-state index contributed by atoms with van der Waals surface area (Å²) >= 11 is 0. The van der Waals surface area contributed by atoms with Crippen molar-refractivity contribution in [3.05, 3.63) is 0 Å². The highest BCUT2D eigenvalue weighted by Crippen LogP contribution is 2.10. The molecule has 34 heavy (non-hydrogen) atoms. The number of rotatable bonds is 15. The largest absolute Gasteiger partial charge is 0.370 e. The molecule has 10 nitrogen and oxygen atoms in total. The second kappa shape index (κ2) is 17.9. The average molecular weight is 486 g/mol. The van der Waals surface area contributed by atoms with E-state index in [0.29, 0.717) is 24.7 Å². The maximum atomic E-state index is 11.8. The van der Waals surface area contributed by atoms with Gasteiger partial charge in [0.1, 0.15) is 6.04 Å². The van der Waals surface area contributed by atoms with Gasteiger partial charge in [0.25, 0.3) is 0 Å². The number of nitrogens with one attached hydrogen (secondary N) is 4. The van der Waals surface area contributed by atoms with Crippen LogP contribution in [0, 0.1) is 11.8 Å². The summed E-state index contributed by atoms with van der Waals surface area (Å²) in [5.74, 6) is -0.160. The third kappa shape index (κ3) is 18.0. The summed E-state index contributed by atoms with van der Waals surface area (Å²) in [6.07, 6.45) is 1.95. The van der Waals surface area contributed by atoms with E-state index in [1.54, 1.807) is 20.8 Å². The second-order valence-electron chi connectivity index (χ2n) is 9.88. The standard InChI is InChI=1S/C13H26N4O3.C11H21NO2/c1-7(2)15-9(4)13(20)17-10(5)12(19)16-8(3)6-11(14)18;1-8(2)5-10(12-7-13)11(14)6-9(3)4/h7-10,15H,6H2,1-5H3,(H2,14,18)(H,16,19)(H,17,20);7-10H,5-6H2,1-4H3,(H,12,13). The molecule has 10 heteroatoms. The van der Waals surface area contributed by atoms with Crippen molar-refractivity contribution in [3.63, 3.8) is 0 Å². The maximum Gasteiger partial charge on any atom is 0.242 e. The minimum Gasteiger partial charge on any atom is -0.370 e. The molecule has 0 aromatic heterocycles. The second-order valence-corrected chi connectivity index (χ2v) is 9.88. The first-order chi connectivity index (χ1) is 15.6. The Morgan fingerprint density at radius 2 is 1.29 bits per heavy atom. The molecule has 0 bridgehead atoms. The molecule has 6 N–H and O–H groups in total. The van der Waals surface area contributed by atoms with Crippen LogP contribution in [-0.4, -0.2) is 60.1 Å². The Morgan fingerprint density at radius 1 is 0.765 bits per heavy atom. The zero-order valence-electron chi connectivity index (χ0n) is 22.4. The van der Waals surface area contributed by atoms with Crippen molar-refractivity contribution in [3.8, 4) is 0 Å². The highest BCUT2D eigenvalue weighted by Gasteiger charge is 2.21. The van der Waals surface area contributed by atoms with E-state index >= 15 is 0 Å². The summed E-state index contributed by atoms with van der Waals surface area (Å²) in [4.78, 5) is 56.4. The molecule has 0 aliphatic carbocycles. The smallest absolute Gasteiger partial charge is 0.242 e. The van der Waals surface area contributed by atoms with Crippen molar-refractivity contribution in [1.29, 1.82) is 0 Å². The molecule has 4 unspecified atom stereocenters. The zero-order valence-corrected chi connectivity index (χ0v) is 22.4. The zero-order chi connectivity index (χ0) is 27.0. The molecule has 198 valence electrons. The van der Waals surface area contributed by atoms with Crippen LogP contribution < -0.4 is 27.0 Å². The van der Waals surface area contributed by atoms with E-state index in [2.05, 4.69) is 21.3 Å². The van der Waals surface area contributed by atoms with Gasteiger partial charge in [0.05, 0.1) is 12.1 Å². The number of hydrogen-bond acceptors (Lipinski definition) is 6. The Morgan fingerprint density at radius 3 is 1.71 bits per heavy atom. The van der Waals surface area contributed by atoms with E-state index in [1.165, 1.54) is 0 Å². The van der Waals surface area contributed by atoms with Crippen LogP contribution in [-0.2, 0) is 24.0 Å². The van der Waals surface area contributed by atoms with Crippen LogP contribution in [0.25, 0.3) is 0 Å². The van der Waals surface area contributed by atoms with Gasteiger partial charge in [-0.25, -0.2) is 0 Å². The monoisotopic (exact) mass is 485 g/mol. The first-order valence-corrected chi connectivity index (χ1v) is 12.0. The number of Topliss-reactive ketones (excluding diaryl/α,β-unsaturated/α-hetero) is 1. The molecular formula is C24H47N5O5. The third-order valence-corrected chi connectivity index (χ3v) is 4.60.